The minimum atomic E-state index is -0.792. The minimum absolute atomic E-state index is 0.0158. The van der Waals surface area contributed by atoms with Gasteiger partial charge >= 0.3 is 5.97 Å². The highest BCUT2D eigenvalue weighted by Gasteiger charge is 2.28. The van der Waals surface area contributed by atoms with Crippen molar-refractivity contribution in [3.05, 3.63) is 71.8 Å². The highest BCUT2D eigenvalue weighted by molar-refractivity contribution is 5.79. The number of hydrogen-bond donors (Lipinski definition) is 2. The van der Waals surface area contributed by atoms with Gasteiger partial charge in [-0.05, 0) is 61.6 Å². The highest BCUT2D eigenvalue weighted by atomic mass is 16.5. The average Bonchev–Trinajstić information content (AvgIpc) is 3.13. The maximum absolute atomic E-state index is 12.3. The van der Waals surface area contributed by atoms with Crippen LogP contribution < -0.4 is 4.74 Å². The van der Waals surface area contributed by atoms with E-state index in [0.717, 1.165) is 42.6 Å². The summed E-state index contributed by atoms with van der Waals surface area (Å²) in [5, 5.41) is 19.4. The van der Waals surface area contributed by atoms with Crippen molar-refractivity contribution in [3.8, 4) is 11.5 Å². The van der Waals surface area contributed by atoms with E-state index < -0.39 is 12.1 Å². The molecule has 2 N–H and O–H groups in total. The van der Waals surface area contributed by atoms with Crippen LogP contribution in [0.1, 0.15) is 62.2 Å². The number of benzene rings is 2. The van der Waals surface area contributed by atoms with Gasteiger partial charge in [0, 0.05) is 19.4 Å². The molecule has 0 saturated carbocycles. The van der Waals surface area contributed by atoms with Crippen LogP contribution in [0.15, 0.2) is 60.7 Å². The molecule has 1 heterocycles. The van der Waals surface area contributed by atoms with E-state index in [1.54, 1.807) is 6.08 Å². The molecule has 1 amide bonds. The number of carboxylic acid groups (broad SMARTS) is 1. The van der Waals surface area contributed by atoms with Gasteiger partial charge in [-0.15, -0.1) is 0 Å². The first-order valence-electron chi connectivity index (χ1n) is 11.6. The molecule has 2 aromatic carbocycles. The van der Waals surface area contributed by atoms with Crippen molar-refractivity contribution in [2.45, 2.75) is 64.0 Å². The number of aliphatic hydroxyl groups excluding tert-OH is 1. The summed E-state index contributed by atoms with van der Waals surface area (Å²) in [5.74, 6) is 0.783. The van der Waals surface area contributed by atoms with Gasteiger partial charge in [0.15, 0.2) is 0 Å². The lowest BCUT2D eigenvalue weighted by atomic mass is 10.1. The number of aliphatic carboxylic acids is 1. The SMILES string of the molecule is Cc1cccc(Oc2cccc(C(O)C=CC3CCC(=O)N3CCCCCCC(=O)O)c2)c1. The molecular weight excluding hydrogens is 418 g/mol. The van der Waals surface area contributed by atoms with Gasteiger partial charge in [0.25, 0.3) is 0 Å². The summed E-state index contributed by atoms with van der Waals surface area (Å²) in [5.41, 5.74) is 1.84. The van der Waals surface area contributed by atoms with Crippen molar-refractivity contribution in [1.82, 2.24) is 4.90 Å². The van der Waals surface area contributed by atoms with Gasteiger partial charge in [-0.2, -0.15) is 0 Å². The number of carbonyl (C=O) groups excluding carboxylic acids is 1. The molecule has 3 rings (SSSR count). The average molecular weight is 452 g/mol. The van der Waals surface area contributed by atoms with Crippen LogP contribution in [0, 0.1) is 6.92 Å². The zero-order chi connectivity index (χ0) is 23.6. The Hall–Kier alpha value is -3.12. The first-order chi connectivity index (χ1) is 15.9. The summed E-state index contributed by atoms with van der Waals surface area (Å²) in [7, 11) is 0. The number of ether oxygens (including phenoxy) is 1. The highest BCUT2D eigenvalue weighted by Crippen LogP contribution is 2.27. The molecule has 1 aliphatic rings. The molecule has 2 unspecified atom stereocenters. The lowest BCUT2D eigenvalue weighted by Gasteiger charge is -2.22. The predicted molar refractivity (Wildman–Crippen MR) is 127 cm³/mol. The van der Waals surface area contributed by atoms with Gasteiger partial charge < -0.3 is 19.8 Å². The van der Waals surface area contributed by atoms with Crippen LogP contribution in [0.25, 0.3) is 0 Å². The largest absolute Gasteiger partial charge is 0.481 e. The first kappa shape index (κ1) is 24.5. The van der Waals surface area contributed by atoms with Crippen LogP contribution in [-0.4, -0.2) is 39.6 Å². The molecule has 2 atom stereocenters. The normalized spacial score (nSPS) is 17.0. The zero-order valence-corrected chi connectivity index (χ0v) is 19.2. The number of carbonyl (C=O) groups is 2. The minimum Gasteiger partial charge on any atom is -0.481 e. The second-order valence-electron chi connectivity index (χ2n) is 8.57. The topological polar surface area (TPSA) is 87.1 Å². The molecule has 1 aliphatic heterocycles. The molecule has 0 spiro atoms. The molecular formula is C27H33NO5. The van der Waals surface area contributed by atoms with Gasteiger partial charge in [0.2, 0.25) is 5.91 Å². The zero-order valence-electron chi connectivity index (χ0n) is 19.2. The number of likely N-dealkylation sites (tertiary alicyclic amines) is 1. The van der Waals surface area contributed by atoms with Crippen LogP contribution in [0.3, 0.4) is 0 Å². The Labute approximate surface area is 195 Å². The Morgan fingerprint density at radius 3 is 2.61 bits per heavy atom. The Bertz CT molecular complexity index is 970. The number of rotatable bonds is 12. The van der Waals surface area contributed by atoms with Crippen molar-refractivity contribution < 1.29 is 24.5 Å². The Morgan fingerprint density at radius 1 is 1.12 bits per heavy atom. The Morgan fingerprint density at radius 2 is 1.85 bits per heavy atom. The van der Waals surface area contributed by atoms with Gasteiger partial charge in [-0.1, -0.05) is 49.3 Å². The molecule has 0 radical (unpaired) electrons. The molecule has 1 saturated heterocycles. The third-order valence-corrected chi connectivity index (χ3v) is 5.85. The van der Waals surface area contributed by atoms with Crippen molar-refractivity contribution in [3.63, 3.8) is 0 Å². The molecule has 2 aromatic rings. The van der Waals surface area contributed by atoms with Crippen molar-refractivity contribution in [1.29, 1.82) is 0 Å². The smallest absolute Gasteiger partial charge is 0.303 e. The van der Waals surface area contributed by atoms with Gasteiger partial charge in [0.05, 0.1) is 12.1 Å². The Balaban J connectivity index is 1.53. The third kappa shape index (κ3) is 7.75. The van der Waals surface area contributed by atoms with Crippen LogP contribution in [0.5, 0.6) is 11.5 Å². The molecule has 33 heavy (non-hydrogen) atoms. The molecule has 1 fully saturated rings. The molecule has 0 aromatic heterocycles. The van der Waals surface area contributed by atoms with Gasteiger partial charge in [-0.3, -0.25) is 9.59 Å². The van der Waals surface area contributed by atoms with Gasteiger partial charge in [0.1, 0.15) is 11.5 Å². The summed E-state index contributed by atoms with van der Waals surface area (Å²) in [4.78, 5) is 24.7. The van der Waals surface area contributed by atoms with Crippen molar-refractivity contribution >= 4 is 11.9 Å². The van der Waals surface area contributed by atoms with E-state index in [4.69, 9.17) is 9.84 Å². The van der Waals surface area contributed by atoms with Crippen molar-refractivity contribution in [2.24, 2.45) is 0 Å². The number of unbranched alkanes of at least 4 members (excludes halogenated alkanes) is 3. The monoisotopic (exact) mass is 451 g/mol. The molecule has 0 bridgehead atoms. The van der Waals surface area contributed by atoms with Crippen molar-refractivity contribution in [2.75, 3.05) is 6.54 Å². The number of aliphatic hydroxyl groups is 1. The molecule has 0 aliphatic carbocycles. The quantitative estimate of drug-likeness (QED) is 0.333. The van der Waals surface area contributed by atoms with Gasteiger partial charge in [-0.25, -0.2) is 0 Å². The maximum atomic E-state index is 12.3. The lowest BCUT2D eigenvalue weighted by Crippen LogP contribution is -2.32. The van der Waals surface area contributed by atoms with Crippen LogP contribution in [-0.2, 0) is 9.59 Å². The number of amides is 1. The number of aryl methyl sites for hydroxylation is 1. The fourth-order valence-electron chi connectivity index (χ4n) is 4.08. The predicted octanol–water partition coefficient (Wildman–Crippen LogP) is 5.40. The van der Waals surface area contributed by atoms with E-state index in [2.05, 4.69) is 0 Å². The van der Waals surface area contributed by atoms with Crippen LogP contribution >= 0.6 is 0 Å². The summed E-state index contributed by atoms with van der Waals surface area (Å²) in [6.07, 6.45) is 7.63. The summed E-state index contributed by atoms with van der Waals surface area (Å²) < 4.78 is 5.92. The molecule has 176 valence electrons. The van der Waals surface area contributed by atoms with E-state index in [-0.39, 0.29) is 18.4 Å². The Kier molecular flexibility index (Phi) is 9.07. The molecule has 6 heteroatoms. The maximum Gasteiger partial charge on any atom is 0.303 e. The van der Waals surface area contributed by atoms with Crippen LogP contribution in [0.4, 0.5) is 0 Å². The molecule has 6 nitrogen and oxygen atoms in total. The number of hydrogen-bond acceptors (Lipinski definition) is 4. The second kappa shape index (κ2) is 12.2. The van der Waals surface area contributed by atoms with E-state index >= 15 is 0 Å². The number of nitrogens with zero attached hydrogens (tertiary/aromatic N) is 1. The summed E-state index contributed by atoms with van der Waals surface area (Å²) in [6, 6.07) is 15.2. The fourth-order valence-corrected chi connectivity index (χ4v) is 4.08. The summed E-state index contributed by atoms with van der Waals surface area (Å²) in [6.45, 7) is 2.67. The standard InChI is InChI=1S/C27H33NO5/c1-20-8-6-10-23(18-20)33-24-11-7-9-21(19-24)25(29)15-13-22-14-16-26(30)28(22)17-5-3-2-4-12-27(31)32/h6-11,13,15,18-19,22,25,29H,2-5,12,14,16-17H2,1H3,(H,31,32). The van der Waals surface area contributed by atoms with Crippen LogP contribution in [0.2, 0.25) is 0 Å². The van der Waals surface area contributed by atoms with E-state index in [1.165, 1.54) is 0 Å². The lowest BCUT2D eigenvalue weighted by molar-refractivity contribution is -0.137. The summed E-state index contributed by atoms with van der Waals surface area (Å²) >= 11 is 0. The van der Waals surface area contributed by atoms with E-state index in [0.29, 0.717) is 25.1 Å². The first-order valence-corrected chi connectivity index (χ1v) is 11.6. The van der Waals surface area contributed by atoms with E-state index in [9.17, 15) is 14.7 Å². The fraction of sp³-hybridized carbons (Fsp3) is 0.407. The van der Waals surface area contributed by atoms with E-state index in [1.807, 2.05) is 66.4 Å². The third-order valence-electron chi connectivity index (χ3n) is 5.85. The number of carboxylic acids is 1. The second-order valence-corrected chi connectivity index (χ2v) is 8.57.